The number of para-hydroxylation sites is 1. The summed E-state index contributed by atoms with van der Waals surface area (Å²) in [6.07, 6.45) is 1.59. The third-order valence-corrected chi connectivity index (χ3v) is 6.69. The number of hydrogen-bond acceptors (Lipinski definition) is 4. The number of hydrogen-bond donors (Lipinski definition) is 2. The van der Waals surface area contributed by atoms with E-state index in [0.29, 0.717) is 25.6 Å². The lowest BCUT2D eigenvalue weighted by molar-refractivity contribution is 0.414. The van der Waals surface area contributed by atoms with Gasteiger partial charge in [-0.05, 0) is 42.2 Å². The molecular formula is C21H29IN4O3S. The molecule has 164 valence electrons. The predicted octanol–water partition coefficient (Wildman–Crippen LogP) is 2.41. The standard InChI is InChI=1S/C21H28N4O3S.HI/c1-22-21(23-13-11-17-7-9-19(28-2)10-8-17)24-14-16-29(26,27)25-15-12-18-5-3-4-6-20(18)25;/h3-10H,11-16H2,1-2H3,(H2,22,23,24);1H. The summed E-state index contributed by atoms with van der Waals surface area (Å²) in [5.41, 5.74) is 3.07. The summed E-state index contributed by atoms with van der Waals surface area (Å²) < 4.78 is 32.1. The van der Waals surface area contributed by atoms with Crippen molar-refractivity contribution in [1.29, 1.82) is 0 Å². The van der Waals surface area contributed by atoms with Crippen LogP contribution < -0.4 is 19.7 Å². The molecule has 0 amide bonds. The number of ether oxygens (including phenoxy) is 1. The first kappa shape index (κ1) is 24.3. The Morgan fingerprint density at radius 3 is 2.50 bits per heavy atom. The lowest BCUT2D eigenvalue weighted by Gasteiger charge is -2.20. The summed E-state index contributed by atoms with van der Waals surface area (Å²) >= 11 is 0. The Morgan fingerprint density at radius 2 is 1.80 bits per heavy atom. The minimum absolute atomic E-state index is 0. The van der Waals surface area contributed by atoms with Crippen molar-refractivity contribution in [2.45, 2.75) is 12.8 Å². The molecule has 9 heteroatoms. The molecule has 1 heterocycles. The number of halogens is 1. The molecule has 2 aromatic rings. The fraction of sp³-hybridized carbons (Fsp3) is 0.381. The predicted molar refractivity (Wildman–Crippen MR) is 133 cm³/mol. The van der Waals surface area contributed by atoms with E-state index in [1.165, 1.54) is 9.87 Å². The lowest BCUT2D eigenvalue weighted by atomic mass is 10.1. The van der Waals surface area contributed by atoms with E-state index in [9.17, 15) is 8.42 Å². The van der Waals surface area contributed by atoms with Gasteiger partial charge in [0.2, 0.25) is 10.0 Å². The van der Waals surface area contributed by atoms with Crippen molar-refractivity contribution >= 4 is 45.6 Å². The van der Waals surface area contributed by atoms with Crippen LogP contribution in [-0.2, 0) is 22.9 Å². The van der Waals surface area contributed by atoms with Crippen LogP contribution in [0.5, 0.6) is 5.75 Å². The zero-order chi connectivity index (χ0) is 20.7. The molecule has 0 spiro atoms. The minimum Gasteiger partial charge on any atom is -0.497 e. The van der Waals surface area contributed by atoms with Gasteiger partial charge in [-0.2, -0.15) is 0 Å². The van der Waals surface area contributed by atoms with E-state index >= 15 is 0 Å². The second-order valence-corrected chi connectivity index (χ2v) is 8.80. The van der Waals surface area contributed by atoms with Crippen LogP contribution in [0.25, 0.3) is 0 Å². The molecule has 0 unspecified atom stereocenters. The van der Waals surface area contributed by atoms with E-state index in [0.717, 1.165) is 29.8 Å². The molecule has 0 saturated carbocycles. The van der Waals surface area contributed by atoms with Gasteiger partial charge in [-0.1, -0.05) is 30.3 Å². The highest BCUT2D eigenvalue weighted by Crippen LogP contribution is 2.29. The normalized spacial score (nSPS) is 13.4. The van der Waals surface area contributed by atoms with Crippen molar-refractivity contribution in [2.75, 3.05) is 43.8 Å². The minimum atomic E-state index is -3.37. The molecule has 0 radical (unpaired) electrons. The number of benzene rings is 2. The summed E-state index contributed by atoms with van der Waals surface area (Å²) in [4.78, 5) is 4.17. The second-order valence-electron chi connectivity index (χ2n) is 6.79. The van der Waals surface area contributed by atoms with E-state index in [1.807, 2.05) is 48.5 Å². The molecule has 3 rings (SSSR count). The van der Waals surface area contributed by atoms with Gasteiger partial charge in [0, 0.05) is 26.7 Å². The van der Waals surface area contributed by atoms with E-state index < -0.39 is 10.0 Å². The molecule has 0 saturated heterocycles. The van der Waals surface area contributed by atoms with E-state index in [2.05, 4.69) is 15.6 Å². The lowest BCUT2D eigenvalue weighted by Crippen LogP contribution is -2.42. The van der Waals surface area contributed by atoms with Crippen molar-refractivity contribution in [1.82, 2.24) is 10.6 Å². The summed E-state index contributed by atoms with van der Waals surface area (Å²) in [7, 11) is -0.0490. The molecule has 0 bridgehead atoms. The Labute approximate surface area is 196 Å². The van der Waals surface area contributed by atoms with Crippen LogP contribution in [0.2, 0.25) is 0 Å². The van der Waals surface area contributed by atoms with Gasteiger partial charge in [0.05, 0.1) is 18.6 Å². The quantitative estimate of drug-likeness (QED) is 0.303. The number of anilines is 1. The molecule has 2 aromatic carbocycles. The number of guanidine groups is 1. The molecule has 1 aliphatic rings. The van der Waals surface area contributed by atoms with Crippen LogP contribution in [0.1, 0.15) is 11.1 Å². The molecule has 0 aromatic heterocycles. The van der Waals surface area contributed by atoms with Crippen LogP contribution in [-0.4, -0.2) is 53.9 Å². The number of fused-ring (bicyclic) bond motifs is 1. The highest BCUT2D eigenvalue weighted by molar-refractivity contribution is 14.0. The highest BCUT2D eigenvalue weighted by atomic mass is 127. The summed E-state index contributed by atoms with van der Waals surface area (Å²) in [6, 6.07) is 15.6. The number of aliphatic imine (C=N–C) groups is 1. The number of nitrogens with zero attached hydrogens (tertiary/aromatic N) is 2. The van der Waals surface area contributed by atoms with Crippen LogP contribution in [0, 0.1) is 0 Å². The summed E-state index contributed by atoms with van der Waals surface area (Å²) in [6.45, 7) is 1.50. The van der Waals surface area contributed by atoms with Gasteiger partial charge in [0.25, 0.3) is 0 Å². The van der Waals surface area contributed by atoms with E-state index in [-0.39, 0.29) is 29.7 Å². The van der Waals surface area contributed by atoms with Crippen LogP contribution in [0.4, 0.5) is 5.69 Å². The molecular weight excluding hydrogens is 515 g/mol. The van der Waals surface area contributed by atoms with E-state index in [1.54, 1.807) is 14.2 Å². The van der Waals surface area contributed by atoms with Crippen molar-refractivity contribution < 1.29 is 13.2 Å². The van der Waals surface area contributed by atoms with Gasteiger partial charge in [-0.15, -0.1) is 24.0 Å². The average Bonchev–Trinajstić information content (AvgIpc) is 3.18. The molecule has 7 nitrogen and oxygen atoms in total. The molecule has 0 atom stereocenters. The maximum absolute atomic E-state index is 12.7. The Morgan fingerprint density at radius 1 is 1.10 bits per heavy atom. The third-order valence-electron chi connectivity index (χ3n) is 4.92. The number of sulfonamides is 1. The Bertz CT molecular complexity index is 949. The van der Waals surface area contributed by atoms with Gasteiger partial charge < -0.3 is 15.4 Å². The van der Waals surface area contributed by atoms with Gasteiger partial charge in [0.1, 0.15) is 5.75 Å². The van der Waals surface area contributed by atoms with Crippen LogP contribution in [0.15, 0.2) is 53.5 Å². The van der Waals surface area contributed by atoms with Gasteiger partial charge in [-0.3, -0.25) is 9.30 Å². The fourth-order valence-corrected chi connectivity index (χ4v) is 4.77. The molecule has 0 aliphatic carbocycles. The molecule has 30 heavy (non-hydrogen) atoms. The first-order valence-corrected chi connectivity index (χ1v) is 11.3. The van der Waals surface area contributed by atoms with Gasteiger partial charge >= 0.3 is 0 Å². The van der Waals surface area contributed by atoms with Crippen LogP contribution in [0.3, 0.4) is 0 Å². The largest absolute Gasteiger partial charge is 0.497 e. The first-order chi connectivity index (χ1) is 14.0. The average molecular weight is 544 g/mol. The van der Waals surface area contributed by atoms with Crippen molar-refractivity contribution in [3.05, 3.63) is 59.7 Å². The smallest absolute Gasteiger partial charge is 0.236 e. The van der Waals surface area contributed by atoms with Crippen molar-refractivity contribution in [3.8, 4) is 5.75 Å². The number of nitrogens with one attached hydrogen (secondary N) is 2. The molecule has 1 aliphatic heterocycles. The Balaban J connectivity index is 0.00000320. The van der Waals surface area contributed by atoms with Crippen molar-refractivity contribution in [2.24, 2.45) is 4.99 Å². The zero-order valence-corrected chi connectivity index (χ0v) is 20.4. The highest BCUT2D eigenvalue weighted by Gasteiger charge is 2.28. The maximum atomic E-state index is 12.7. The number of methoxy groups -OCH3 is 1. The Kier molecular flexibility index (Phi) is 9.22. The molecule has 0 fully saturated rings. The first-order valence-electron chi connectivity index (χ1n) is 9.69. The number of rotatable bonds is 8. The third kappa shape index (κ3) is 6.24. The Hall–Kier alpha value is -2.01. The SMILES string of the molecule is CN=C(NCCc1ccc(OC)cc1)NCCS(=O)(=O)N1CCc2ccccc21.I. The maximum Gasteiger partial charge on any atom is 0.236 e. The summed E-state index contributed by atoms with van der Waals surface area (Å²) in [5, 5.41) is 6.31. The fourth-order valence-electron chi connectivity index (χ4n) is 3.34. The van der Waals surface area contributed by atoms with Gasteiger partial charge in [-0.25, -0.2) is 8.42 Å². The molecule has 2 N–H and O–H groups in total. The van der Waals surface area contributed by atoms with Crippen LogP contribution >= 0.6 is 24.0 Å². The van der Waals surface area contributed by atoms with E-state index in [4.69, 9.17) is 4.74 Å². The van der Waals surface area contributed by atoms with Crippen molar-refractivity contribution in [3.63, 3.8) is 0 Å². The monoisotopic (exact) mass is 544 g/mol. The topological polar surface area (TPSA) is 83.0 Å². The van der Waals surface area contributed by atoms with Gasteiger partial charge in [0.15, 0.2) is 5.96 Å². The summed E-state index contributed by atoms with van der Waals surface area (Å²) in [5.74, 6) is 1.44. The second kappa shape index (κ2) is 11.4. The zero-order valence-electron chi connectivity index (χ0n) is 17.3.